The molecule has 0 unspecified atom stereocenters. The Morgan fingerprint density at radius 3 is 2.87 bits per heavy atom. The van der Waals surface area contributed by atoms with E-state index in [1.807, 2.05) is 6.92 Å². The molecule has 5 nitrogen and oxygen atoms in total. The maximum absolute atomic E-state index is 11.2. The SMILES string of the molecule is CCCNC(=O)CNc1ccc(Cl)nn1. The van der Waals surface area contributed by atoms with Crippen molar-refractivity contribution in [1.29, 1.82) is 0 Å². The number of carbonyl (C=O) groups excluding carboxylic acids is 1. The molecule has 1 amide bonds. The Morgan fingerprint density at radius 1 is 1.47 bits per heavy atom. The van der Waals surface area contributed by atoms with E-state index >= 15 is 0 Å². The fourth-order valence-corrected chi connectivity index (χ4v) is 1.01. The van der Waals surface area contributed by atoms with Crippen molar-refractivity contribution in [2.75, 3.05) is 18.4 Å². The number of amides is 1. The average Bonchev–Trinajstić information content (AvgIpc) is 2.25. The molecular weight excluding hydrogens is 216 g/mol. The van der Waals surface area contributed by atoms with Gasteiger partial charge in [0.2, 0.25) is 5.91 Å². The standard InChI is InChI=1S/C9H13ClN4O/c1-2-5-11-9(15)6-12-8-4-3-7(10)13-14-8/h3-4H,2,5-6H2,1H3,(H,11,15)(H,12,14). The van der Waals surface area contributed by atoms with Gasteiger partial charge in [0.25, 0.3) is 0 Å². The highest BCUT2D eigenvalue weighted by Crippen LogP contribution is 2.05. The summed E-state index contributed by atoms with van der Waals surface area (Å²) in [5, 5.41) is 13.3. The van der Waals surface area contributed by atoms with Crippen LogP contribution in [-0.2, 0) is 4.79 Å². The molecule has 0 saturated heterocycles. The van der Waals surface area contributed by atoms with E-state index in [9.17, 15) is 4.79 Å². The van der Waals surface area contributed by atoms with Crippen molar-refractivity contribution in [3.05, 3.63) is 17.3 Å². The second-order valence-electron chi connectivity index (χ2n) is 2.94. The van der Waals surface area contributed by atoms with Crippen LogP contribution in [0.5, 0.6) is 0 Å². The molecule has 0 aliphatic carbocycles. The Labute approximate surface area is 93.2 Å². The molecule has 0 aromatic carbocycles. The van der Waals surface area contributed by atoms with Crippen LogP contribution in [0.15, 0.2) is 12.1 Å². The summed E-state index contributed by atoms with van der Waals surface area (Å²) in [6.07, 6.45) is 0.923. The Bertz CT molecular complexity index is 314. The Hall–Kier alpha value is -1.36. The first-order valence-electron chi connectivity index (χ1n) is 4.72. The van der Waals surface area contributed by atoms with Gasteiger partial charge >= 0.3 is 0 Å². The third-order valence-electron chi connectivity index (χ3n) is 1.63. The Morgan fingerprint density at radius 2 is 2.27 bits per heavy atom. The minimum absolute atomic E-state index is 0.0615. The number of carbonyl (C=O) groups is 1. The van der Waals surface area contributed by atoms with E-state index in [1.54, 1.807) is 12.1 Å². The quantitative estimate of drug-likeness (QED) is 0.791. The topological polar surface area (TPSA) is 66.9 Å². The third kappa shape index (κ3) is 4.60. The lowest BCUT2D eigenvalue weighted by Gasteiger charge is -2.05. The van der Waals surface area contributed by atoms with Crippen molar-refractivity contribution in [2.45, 2.75) is 13.3 Å². The van der Waals surface area contributed by atoms with E-state index in [-0.39, 0.29) is 12.5 Å². The summed E-state index contributed by atoms with van der Waals surface area (Å²) >= 11 is 5.56. The number of halogens is 1. The van der Waals surface area contributed by atoms with Gasteiger partial charge in [-0.15, -0.1) is 10.2 Å². The van der Waals surface area contributed by atoms with E-state index in [0.717, 1.165) is 6.42 Å². The van der Waals surface area contributed by atoms with Gasteiger partial charge in [-0.05, 0) is 18.6 Å². The number of anilines is 1. The van der Waals surface area contributed by atoms with E-state index in [4.69, 9.17) is 11.6 Å². The first kappa shape index (κ1) is 11.7. The van der Waals surface area contributed by atoms with Crippen LogP contribution in [0.25, 0.3) is 0 Å². The number of rotatable bonds is 5. The second-order valence-corrected chi connectivity index (χ2v) is 3.33. The molecule has 0 spiro atoms. The van der Waals surface area contributed by atoms with Crippen LogP contribution in [0, 0.1) is 0 Å². The van der Waals surface area contributed by atoms with Gasteiger partial charge in [0.05, 0.1) is 6.54 Å². The fourth-order valence-electron chi connectivity index (χ4n) is 0.908. The second kappa shape index (κ2) is 6.19. The largest absolute Gasteiger partial charge is 0.360 e. The van der Waals surface area contributed by atoms with E-state index in [2.05, 4.69) is 20.8 Å². The summed E-state index contributed by atoms with van der Waals surface area (Å²) < 4.78 is 0. The normalized spacial score (nSPS) is 9.73. The molecule has 0 atom stereocenters. The number of nitrogens with zero attached hydrogens (tertiary/aromatic N) is 2. The average molecular weight is 229 g/mol. The molecule has 0 saturated carbocycles. The first-order chi connectivity index (χ1) is 7.22. The van der Waals surface area contributed by atoms with Crippen molar-refractivity contribution >= 4 is 23.3 Å². The molecular formula is C9H13ClN4O. The molecule has 15 heavy (non-hydrogen) atoms. The summed E-state index contributed by atoms with van der Waals surface area (Å²) in [7, 11) is 0. The zero-order valence-corrected chi connectivity index (χ0v) is 9.21. The van der Waals surface area contributed by atoms with E-state index in [0.29, 0.717) is 17.5 Å². The lowest BCUT2D eigenvalue weighted by molar-refractivity contribution is -0.119. The van der Waals surface area contributed by atoms with Crippen LogP contribution >= 0.6 is 11.6 Å². The molecule has 0 fully saturated rings. The predicted octanol–water partition coefficient (Wildman–Crippen LogP) is 1.07. The lowest BCUT2D eigenvalue weighted by Crippen LogP contribution is -2.30. The van der Waals surface area contributed by atoms with Gasteiger partial charge in [0.15, 0.2) is 5.15 Å². The van der Waals surface area contributed by atoms with Crippen molar-refractivity contribution in [3.8, 4) is 0 Å². The van der Waals surface area contributed by atoms with Crippen LogP contribution in [0.1, 0.15) is 13.3 Å². The lowest BCUT2D eigenvalue weighted by atomic mass is 10.4. The highest BCUT2D eigenvalue weighted by atomic mass is 35.5. The molecule has 1 rings (SSSR count). The molecule has 6 heteroatoms. The Balaban J connectivity index is 2.30. The molecule has 2 N–H and O–H groups in total. The van der Waals surface area contributed by atoms with Crippen molar-refractivity contribution in [1.82, 2.24) is 15.5 Å². The smallest absolute Gasteiger partial charge is 0.239 e. The van der Waals surface area contributed by atoms with Crippen LogP contribution in [-0.4, -0.2) is 29.2 Å². The van der Waals surface area contributed by atoms with Gasteiger partial charge in [0.1, 0.15) is 5.82 Å². The van der Waals surface area contributed by atoms with Crippen molar-refractivity contribution in [3.63, 3.8) is 0 Å². The molecule has 1 heterocycles. The summed E-state index contributed by atoms with van der Waals surface area (Å²) in [5.41, 5.74) is 0. The molecule has 0 aliphatic rings. The summed E-state index contributed by atoms with van der Waals surface area (Å²) in [6, 6.07) is 3.28. The van der Waals surface area contributed by atoms with Crippen LogP contribution < -0.4 is 10.6 Å². The molecule has 1 aromatic rings. The van der Waals surface area contributed by atoms with Crippen molar-refractivity contribution in [2.24, 2.45) is 0 Å². The third-order valence-corrected chi connectivity index (χ3v) is 1.84. The van der Waals surface area contributed by atoms with Gasteiger partial charge < -0.3 is 10.6 Å². The Kier molecular flexibility index (Phi) is 4.83. The molecule has 0 bridgehead atoms. The molecule has 0 radical (unpaired) electrons. The maximum Gasteiger partial charge on any atom is 0.239 e. The number of aromatic nitrogens is 2. The van der Waals surface area contributed by atoms with Gasteiger partial charge in [0, 0.05) is 6.54 Å². The molecule has 0 aliphatic heterocycles. The minimum Gasteiger partial charge on any atom is -0.360 e. The summed E-state index contributed by atoms with van der Waals surface area (Å²) in [6.45, 7) is 2.88. The minimum atomic E-state index is -0.0615. The first-order valence-corrected chi connectivity index (χ1v) is 5.10. The van der Waals surface area contributed by atoms with Crippen LogP contribution in [0.3, 0.4) is 0 Å². The van der Waals surface area contributed by atoms with E-state index in [1.165, 1.54) is 0 Å². The molecule has 82 valence electrons. The number of hydrogen-bond donors (Lipinski definition) is 2. The monoisotopic (exact) mass is 228 g/mol. The summed E-state index contributed by atoms with van der Waals surface area (Å²) in [5.74, 6) is 0.472. The van der Waals surface area contributed by atoms with Gasteiger partial charge in [-0.1, -0.05) is 18.5 Å². The number of hydrogen-bond acceptors (Lipinski definition) is 4. The molecule has 1 aromatic heterocycles. The highest BCUT2D eigenvalue weighted by Gasteiger charge is 2.00. The predicted molar refractivity (Wildman–Crippen MR) is 58.8 cm³/mol. The van der Waals surface area contributed by atoms with Crippen molar-refractivity contribution < 1.29 is 4.79 Å². The summed E-state index contributed by atoms with van der Waals surface area (Å²) in [4.78, 5) is 11.2. The highest BCUT2D eigenvalue weighted by molar-refractivity contribution is 6.29. The zero-order valence-electron chi connectivity index (χ0n) is 8.46. The van der Waals surface area contributed by atoms with Gasteiger partial charge in [-0.25, -0.2) is 0 Å². The maximum atomic E-state index is 11.2. The number of nitrogens with one attached hydrogen (secondary N) is 2. The van der Waals surface area contributed by atoms with Gasteiger partial charge in [-0.3, -0.25) is 4.79 Å². The van der Waals surface area contributed by atoms with Crippen LogP contribution in [0.4, 0.5) is 5.82 Å². The van der Waals surface area contributed by atoms with Gasteiger partial charge in [-0.2, -0.15) is 0 Å². The zero-order chi connectivity index (χ0) is 11.1. The fraction of sp³-hybridized carbons (Fsp3) is 0.444. The van der Waals surface area contributed by atoms with E-state index < -0.39 is 0 Å². The van der Waals surface area contributed by atoms with Crippen LogP contribution in [0.2, 0.25) is 5.15 Å².